The average molecular weight is 418 g/mol. The molecule has 0 saturated carbocycles. The van der Waals surface area contributed by atoms with Gasteiger partial charge in [-0.25, -0.2) is 4.68 Å². The van der Waals surface area contributed by atoms with Gasteiger partial charge in [-0.3, -0.25) is 9.59 Å². The lowest BCUT2D eigenvalue weighted by Crippen LogP contribution is -2.52. The summed E-state index contributed by atoms with van der Waals surface area (Å²) in [7, 11) is 0. The van der Waals surface area contributed by atoms with E-state index in [2.05, 4.69) is 15.5 Å². The van der Waals surface area contributed by atoms with Gasteiger partial charge in [0, 0.05) is 18.7 Å². The van der Waals surface area contributed by atoms with Crippen molar-refractivity contribution in [2.24, 2.45) is 0 Å². The predicted molar refractivity (Wildman–Crippen MR) is 112 cm³/mol. The molecule has 9 heteroatoms. The first kappa shape index (κ1) is 19.2. The zero-order chi connectivity index (χ0) is 21.2. The Balaban J connectivity index is 1.45. The molecule has 31 heavy (non-hydrogen) atoms. The number of amides is 2. The molecule has 0 unspecified atom stereocenters. The first-order valence-electron chi connectivity index (χ1n) is 10.4. The largest absolute Gasteiger partial charge is 0.476 e. The molecule has 0 spiro atoms. The summed E-state index contributed by atoms with van der Waals surface area (Å²) in [4.78, 5) is 30.1. The molecule has 3 heterocycles. The van der Waals surface area contributed by atoms with Crippen LogP contribution in [0.4, 0.5) is 5.69 Å². The molecule has 1 fully saturated rings. The van der Waals surface area contributed by atoms with Gasteiger partial charge in [0.2, 0.25) is 0 Å². The standard InChI is InChI=1S/C22H22N6O3/c29-21(16-7-6-8-17(13-16)28-15-23-24-25-28)27-14-20(22(30)26-11-4-1-5-12-26)31-19-10-3-2-9-18(19)27/h2-3,6-10,13,15,20H,1,4-5,11-12,14H2/t20-/m0/s1. The lowest BCUT2D eigenvalue weighted by Gasteiger charge is -2.37. The Morgan fingerprint density at radius 1 is 1.00 bits per heavy atom. The van der Waals surface area contributed by atoms with Gasteiger partial charge in [-0.1, -0.05) is 18.2 Å². The number of hydrogen-bond acceptors (Lipinski definition) is 6. The van der Waals surface area contributed by atoms with Crippen LogP contribution in [0.25, 0.3) is 5.69 Å². The molecule has 1 saturated heterocycles. The fourth-order valence-corrected chi connectivity index (χ4v) is 4.09. The maximum atomic E-state index is 13.5. The van der Waals surface area contributed by atoms with Gasteiger partial charge in [0.15, 0.2) is 6.10 Å². The molecule has 0 aliphatic carbocycles. The maximum absolute atomic E-state index is 13.5. The first-order valence-corrected chi connectivity index (χ1v) is 10.4. The van der Waals surface area contributed by atoms with E-state index in [1.165, 1.54) is 11.0 Å². The minimum Gasteiger partial charge on any atom is -0.476 e. The summed E-state index contributed by atoms with van der Waals surface area (Å²) in [6, 6.07) is 14.4. The number of rotatable bonds is 3. The van der Waals surface area contributed by atoms with Crippen LogP contribution in [0.3, 0.4) is 0 Å². The quantitative estimate of drug-likeness (QED) is 0.647. The summed E-state index contributed by atoms with van der Waals surface area (Å²) >= 11 is 0. The van der Waals surface area contributed by atoms with Gasteiger partial charge >= 0.3 is 0 Å². The zero-order valence-electron chi connectivity index (χ0n) is 16.9. The van der Waals surface area contributed by atoms with Crippen LogP contribution in [-0.4, -0.2) is 62.7 Å². The topological polar surface area (TPSA) is 93.5 Å². The molecule has 2 aliphatic rings. The van der Waals surface area contributed by atoms with Crippen LogP contribution < -0.4 is 9.64 Å². The van der Waals surface area contributed by atoms with Crippen LogP contribution in [-0.2, 0) is 4.79 Å². The van der Waals surface area contributed by atoms with Gasteiger partial charge in [-0.2, -0.15) is 0 Å². The Labute approximate surface area is 179 Å². The summed E-state index contributed by atoms with van der Waals surface area (Å²) in [6.07, 6.45) is 3.89. The maximum Gasteiger partial charge on any atom is 0.265 e. The highest BCUT2D eigenvalue weighted by Gasteiger charge is 2.36. The third-order valence-electron chi connectivity index (χ3n) is 5.67. The molecular weight excluding hydrogens is 396 g/mol. The summed E-state index contributed by atoms with van der Waals surface area (Å²) in [6.45, 7) is 1.64. The number of hydrogen-bond donors (Lipinski definition) is 0. The highest BCUT2D eigenvalue weighted by atomic mass is 16.5. The van der Waals surface area contributed by atoms with E-state index in [1.807, 2.05) is 29.2 Å². The number of benzene rings is 2. The number of likely N-dealkylation sites (tertiary alicyclic amines) is 1. The Hall–Kier alpha value is -3.75. The molecule has 0 bridgehead atoms. The lowest BCUT2D eigenvalue weighted by molar-refractivity contribution is -0.139. The minimum absolute atomic E-state index is 0.0607. The minimum atomic E-state index is -0.723. The van der Waals surface area contributed by atoms with E-state index in [9.17, 15) is 9.59 Å². The molecule has 0 radical (unpaired) electrons. The number of piperidine rings is 1. The predicted octanol–water partition coefficient (Wildman–Crippen LogP) is 2.08. The van der Waals surface area contributed by atoms with Gasteiger partial charge in [0.25, 0.3) is 11.8 Å². The molecule has 3 aromatic rings. The van der Waals surface area contributed by atoms with E-state index in [4.69, 9.17) is 4.74 Å². The van der Waals surface area contributed by atoms with Crippen LogP contribution in [0.5, 0.6) is 5.75 Å². The van der Waals surface area contributed by atoms with Crippen molar-refractivity contribution in [3.63, 3.8) is 0 Å². The number of fused-ring (bicyclic) bond motifs is 1. The van der Waals surface area contributed by atoms with Crippen molar-refractivity contribution in [1.82, 2.24) is 25.1 Å². The van der Waals surface area contributed by atoms with Crippen molar-refractivity contribution in [2.75, 3.05) is 24.5 Å². The van der Waals surface area contributed by atoms with E-state index in [0.29, 0.717) is 22.7 Å². The fourth-order valence-electron chi connectivity index (χ4n) is 4.09. The Morgan fingerprint density at radius 2 is 1.84 bits per heavy atom. The van der Waals surface area contributed by atoms with E-state index >= 15 is 0 Å². The van der Waals surface area contributed by atoms with E-state index < -0.39 is 6.10 Å². The molecule has 9 nitrogen and oxygen atoms in total. The van der Waals surface area contributed by atoms with Crippen LogP contribution in [0.15, 0.2) is 54.9 Å². The normalized spacial score (nSPS) is 18.3. The van der Waals surface area contributed by atoms with Crippen molar-refractivity contribution in [3.05, 3.63) is 60.4 Å². The summed E-state index contributed by atoms with van der Waals surface area (Å²) in [5, 5.41) is 11.2. The lowest BCUT2D eigenvalue weighted by atomic mass is 10.1. The molecule has 2 aliphatic heterocycles. The number of ether oxygens (including phenoxy) is 1. The van der Waals surface area contributed by atoms with Crippen LogP contribution in [0.1, 0.15) is 29.6 Å². The molecular formula is C22H22N6O3. The summed E-state index contributed by atoms with van der Waals surface area (Å²) in [5.74, 6) is 0.269. The fraction of sp³-hybridized carbons (Fsp3) is 0.318. The second-order valence-corrected chi connectivity index (χ2v) is 7.68. The van der Waals surface area contributed by atoms with Gasteiger partial charge < -0.3 is 14.5 Å². The van der Waals surface area contributed by atoms with E-state index in [1.54, 1.807) is 29.2 Å². The van der Waals surface area contributed by atoms with E-state index in [0.717, 1.165) is 32.4 Å². The third-order valence-corrected chi connectivity index (χ3v) is 5.67. The van der Waals surface area contributed by atoms with Gasteiger partial charge in [-0.05, 0) is 60.0 Å². The van der Waals surface area contributed by atoms with Crippen molar-refractivity contribution < 1.29 is 14.3 Å². The Kier molecular flexibility index (Phi) is 5.07. The smallest absolute Gasteiger partial charge is 0.265 e. The molecule has 158 valence electrons. The monoisotopic (exact) mass is 418 g/mol. The summed E-state index contributed by atoms with van der Waals surface area (Å²) < 4.78 is 7.52. The molecule has 5 rings (SSSR count). The van der Waals surface area contributed by atoms with Crippen molar-refractivity contribution in [2.45, 2.75) is 25.4 Å². The van der Waals surface area contributed by atoms with E-state index in [-0.39, 0.29) is 18.4 Å². The second-order valence-electron chi connectivity index (χ2n) is 7.68. The number of aromatic nitrogens is 4. The third kappa shape index (κ3) is 3.74. The molecule has 1 aromatic heterocycles. The average Bonchev–Trinajstić information content (AvgIpc) is 3.38. The number of anilines is 1. The number of nitrogens with zero attached hydrogens (tertiary/aromatic N) is 6. The number of tetrazole rings is 1. The molecule has 0 N–H and O–H groups in total. The number of carbonyl (C=O) groups excluding carboxylic acids is 2. The van der Waals surface area contributed by atoms with Crippen LogP contribution in [0, 0.1) is 0 Å². The number of para-hydroxylation sites is 2. The highest BCUT2D eigenvalue weighted by molar-refractivity contribution is 6.08. The van der Waals surface area contributed by atoms with Crippen molar-refractivity contribution >= 4 is 17.5 Å². The van der Waals surface area contributed by atoms with Gasteiger partial charge in [-0.15, -0.1) is 5.10 Å². The number of carbonyl (C=O) groups is 2. The molecule has 2 amide bonds. The second kappa shape index (κ2) is 8.17. The Bertz CT molecular complexity index is 1090. The highest BCUT2D eigenvalue weighted by Crippen LogP contribution is 2.34. The van der Waals surface area contributed by atoms with Crippen LogP contribution >= 0.6 is 0 Å². The molecule has 2 aromatic carbocycles. The zero-order valence-corrected chi connectivity index (χ0v) is 16.9. The Morgan fingerprint density at radius 3 is 2.65 bits per heavy atom. The van der Waals surface area contributed by atoms with Crippen LogP contribution in [0.2, 0.25) is 0 Å². The van der Waals surface area contributed by atoms with Crippen molar-refractivity contribution in [1.29, 1.82) is 0 Å². The van der Waals surface area contributed by atoms with Crippen molar-refractivity contribution in [3.8, 4) is 11.4 Å². The van der Waals surface area contributed by atoms with Gasteiger partial charge in [0.1, 0.15) is 12.1 Å². The molecule has 1 atom stereocenters. The summed E-state index contributed by atoms with van der Waals surface area (Å²) in [5.41, 5.74) is 1.82. The first-order chi connectivity index (χ1) is 15.2. The SMILES string of the molecule is O=C([C@@H]1CN(C(=O)c2cccc(-n3cnnn3)c2)c2ccccc2O1)N1CCCCC1. The van der Waals surface area contributed by atoms with Gasteiger partial charge in [0.05, 0.1) is 17.9 Å².